The van der Waals surface area contributed by atoms with E-state index < -0.39 is 11.7 Å². The van der Waals surface area contributed by atoms with Crippen LogP contribution < -0.4 is 4.90 Å². The zero-order valence-corrected chi connectivity index (χ0v) is 15.0. The van der Waals surface area contributed by atoms with Gasteiger partial charge in [0.05, 0.1) is 10.6 Å². The van der Waals surface area contributed by atoms with Crippen LogP contribution in [0.2, 0.25) is 5.02 Å². The lowest BCUT2D eigenvalue weighted by Crippen LogP contribution is -2.48. The van der Waals surface area contributed by atoms with Gasteiger partial charge in [-0.1, -0.05) is 23.7 Å². The van der Waals surface area contributed by atoms with E-state index >= 15 is 0 Å². The van der Waals surface area contributed by atoms with E-state index in [1.165, 1.54) is 24.3 Å². The maximum absolute atomic E-state index is 12.9. The predicted octanol–water partition coefficient (Wildman–Crippen LogP) is 4.12. The Balaban J connectivity index is 1.61. The number of amides is 1. The van der Waals surface area contributed by atoms with Crippen LogP contribution in [0.15, 0.2) is 48.7 Å². The highest BCUT2D eigenvalue weighted by Gasteiger charge is 2.33. The molecule has 1 aromatic carbocycles. The van der Waals surface area contributed by atoms with Gasteiger partial charge >= 0.3 is 6.18 Å². The number of alkyl halides is 3. The summed E-state index contributed by atoms with van der Waals surface area (Å²) in [6.45, 7) is 2.34. The van der Waals surface area contributed by atoms with Crippen LogP contribution in [0.1, 0.15) is 11.1 Å². The summed E-state index contributed by atoms with van der Waals surface area (Å²) in [5.41, 5.74) is -0.644. The van der Waals surface area contributed by atoms with Crippen molar-refractivity contribution < 1.29 is 18.0 Å². The highest BCUT2D eigenvalue weighted by Crippen LogP contribution is 2.35. The van der Waals surface area contributed by atoms with Gasteiger partial charge in [0.2, 0.25) is 5.91 Å². The van der Waals surface area contributed by atoms with Crippen molar-refractivity contribution >= 4 is 29.4 Å². The molecule has 2 heterocycles. The molecule has 2 aromatic rings. The van der Waals surface area contributed by atoms with E-state index in [1.807, 2.05) is 18.2 Å². The lowest BCUT2D eigenvalue weighted by molar-refractivity contribution is -0.137. The first-order chi connectivity index (χ1) is 12.8. The number of hydrogen-bond donors (Lipinski definition) is 0. The summed E-state index contributed by atoms with van der Waals surface area (Å²) in [4.78, 5) is 20.4. The second-order valence-corrected chi connectivity index (χ2v) is 6.48. The average Bonchev–Trinajstić information content (AvgIpc) is 2.67. The van der Waals surface area contributed by atoms with E-state index in [2.05, 4.69) is 9.88 Å². The molecule has 1 aliphatic heterocycles. The molecule has 0 spiro atoms. The molecule has 3 rings (SSSR count). The highest BCUT2D eigenvalue weighted by atomic mass is 35.5. The van der Waals surface area contributed by atoms with Crippen molar-refractivity contribution in [3.63, 3.8) is 0 Å². The Morgan fingerprint density at radius 1 is 1.11 bits per heavy atom. The number of hydrogen-bond acceptors (Lipinski definition) is 3. The molecule has 0 atom stereocenters. The summed E-state index contributed by atoms with van der Waals surface area (Å²) in [6.07, 6.45) is -0.150. The van der Waals surface area contributed by atoms with Crippen molar-refractivity contribution in [2.24, 2.45) is 0 Å². The van der Waals surface area contributed by atoms with Gasteiger partial charge in [0.1, 0.15) is 5.82 Å². The third-order valence-electron chi connectivity index (χ3n) is 4.28. The van der Waals surface area contributed by atoms with Gasteiger partial charge in [-0.15, -0.1) is 0 Å². The minimum absolute atomic E-state index is 0.237. The van der Waals surface area contributed by atoms with Gasteiger partial charge in [-0.3, -0.25) is 4.79 Å². The van der Waals surface area contributed by atoms with Gasteiger partial charge < -0.3 is 9.80 Å². The second-order valence-electron chi connectivity index (χ2n) is 6.07. The van der Waals surface area contributed by atoms with Crippen LogP contribution in [0.5, 0.6) is 0 Å². The number of halogens is 4. The molecule has 1 fully saturated rings. The van der Waals surface area contributed by atoms with Crippen molar-refractivity contribution in [2.75, 3.05) is 31.1 Å². The molecule has 0 saturated carbocycles. The average molecular weight is 396 g/mol. The highest BCUT2D eigenvalue weighted by molar-refractivity contribution is 6.31. The number of rotatable bonds is 3. The standard InChI is InChI=1S/C19H17ClF3N3O/c20-16-6-4-14(13-15(16)19(21,22)23)5-7-18(27)26-11-9-25(10-12-26)17-3-1-2-8-24-17/h1-8,13H,9-12H2/b7-5+. The number of piperazine rings is 1. The Hall–Kier alpha value is -2.54. The Morgan fingerprint density at radius 2 is 1.85 bits per heavy atom. The number of benzene rings is 1. The quantitative estimate of drug-likeness (QED) is 0.734. The molecule has 8 heteroatoms. The van der Waals surface area contributed by atoms with Crippen LogP contribution in [-0.2, 0) is 11.0 Å². The summed E-state index contributed by atoms with van der Waals surface area (Å²) < 4.78 is 38.7. The fourth-order valence-corrected chi connectivity index (χ4v) is 3.06. The molecule has 142 valence electrons. The first kappa shape index (κ1) is 19.2. The Labute approximate surface area is 159 Å². The molecular weight excluding hydrogens is 379 g/mol. The van der Waals surface area contributed by atoms with Crippen molar-refractivity contribution in [1.29, 1.82) is 0 Å². The number of carbonyl (C=O) groups excluding carboxylic acids is 1. The van der Waals surface area contributed by atoms with E-state index in [-0.39, 0.29) is 16.5 Å². The van der Waals surface area contributed by atoms with Crippen molar-refractivity contribution in [3.05, 3.63) is 64.8 Å². The third kappa shape index (κ3) is 4.80. The van der Waals surface area contributed by atoms with Crippen LogP contribution in [0.4, 0.5) is 19.0 Å². The molecule has 1 saturated heterocycles. The number of pyridine rings is 1. The van der Waals surface area contributed by atoms with Crippen molar-refractivity contribution in [2.45, 2.75) is 6.18 Å². The largest absolute Gasteiger partial charge is 0.417 e. The zero-order valence-electron chi connectivity index (χ0n) is 14.3. The lowest BCUT2D eigenvalue weighted by atomic mass is 10.1. The normalized spacial score (nSPS) is 15.4. The summed E-state index contributed by atoms with van der Waals surface area (Å²) >= 11 is 5.60. The minimum atomic E-state index is -4.53. The van der Waals surface area contributed by atoms with E-state index in [9.17, 15) is 18.0 Å². The monoisotopic (exact) mass is 395 g/mol. The van der Waals surface area contributed by atoms with E-state index in [0.29, 0.717) is 26.2 Å². The van der Waals surface area contributed by atoms with E-state index in [0.717, 1.165) is 11.9 Å². The predicted molar refractivity (Wildman–Crippen MR) is 98.5 cm³/mol. The summed E-state index contributed by atoms with van der Waals surface area (Å²) in [5.74, 6) is 0.625. The SMILES string of the molecule is O=C(/C=C/c1ccc(Cl)c(C(F)(F)F)c1)N1CCN(c2ccccn2)CC1. The van der Waals surface area contributed by atoms with Crippen molar-refractivity contribution in [3.8, 4) is 0 Å². The van der Waals surface area contributed by atoms with Crippen LogP contribution in [-0.4, -0.2) is 42.0 Å². The van der Waals surface area contributed by atoms with Gasteiger partial charge in [0, 0.05) is 38.5 Å². The second kappa shape index (κ2) is 8.00. The molecule has 1 aliphatic rings. The fraction of sp³-hybridized carbons (Fsp3) is 0.263. The lowest BCUT2D eigenvalue weighted by Gasteiger charge is -2.34. The molecule has 0 bridgehead atoms. The van der Waals surface area contributed by atoms with Gasteiger partial charge in [0.25, 0.3) is 0 Å². The number of aromatic nitrogens is 1. The van der Waals surface area contributed by atoms with Gasteiger partial charge in [0.15, 0.2) is 0 Å². The summed E-state index contributed by atoms with van der Waals surface area (Å²) in [7, 11) is 0. The van der Waals surface area contributed by atoms with Crippen LogP contribution in [0, 0.1) is 0 Å². The van der Waals surface area contributed by atoms with Gasteiger partial charge in [-0.2, -0.15) is 13.2 Å². The Bertz CT molecular complexity index is 832. The molecule has 27 heavy (non-hydrogen) atoms. The van der Waals surface area contributed by atoms with Gasteiger partial charge in [-0.25, -0.2) is 4.98 Å². The number of carbonyl (C=O) groups is 1. The van der Waals surface area contributed by atoms with Gasteiger partial charge in [-0.05, 0) is 35.9 Å². The molecular formula is C19H17ClF3N3O. The Kier molecular flexibility index (Phi) is 5.70. The number of anilines is 1. The maximum atomic E-state index is 12.9. The molecule has 0 N–H and O–H groups in total. The van der Waals surface area contributed by atoms with E-state index in [4.69, 9.17) is 11.6 Å². The van der Waals surface area contributed by atoms with Crippen LogP contribution in [0.25, 0.3) is 6.08 Å². The molecule has 4 nitrogen and oxygen atoms in total. The molecule has 1 amide bonds. The molecule has 1 aromatic heterocycles. The minimum Gasteiger partial charge on any atom is -0.353 e. The first-order valence-corrected chi connectivity index (χ1v) is 8.72. The number of nitrogens with zero attached hydrogens (tertiary/aromatic N) is 3. The molecule has 0 aliphatic carbocycles. The topological polar surface area (TPSA) is 36.4 Å². The molecule has 0 unspecified atom stereocenters. The summed E-state index contributed by atoms with van der Waals surface area (Å²) in [5, 5.41) is -0.364. The van der Waals surface area contributed by atoms with Crippen LogP contribution in [0.3, 0.4) is 0 Å². The third-order valence-corrected chi connectivity index (χ3v) is 4.61. The first-order valence-electron chi connectivity index (χ1n) is 8.34. The summed E-state index contributed by atoms with van der Waals surface area (Å²) in [6, 6.07) is 9.22. The molecule has 0 radical (unpaired) electrons. The zero-order chi connectivity index (χ0) is 19.4. The van der Waals surface area contributed by atoms with Crippen molar-refractivity contribution in [1.82, 2.24) is 9.88 Å². The van der Waals surface area contributed by atoms with Crippen LogP contribution >= 0.6 is 11.6 Å². The van der Waals surface area contributed by atoms with E-state index in [1.54, 1.807) is 11.1 Å². The fourth-order valence-electron chi connectivity index (χ4n) is 2.83. The smallest absolute Gasteiger partial charge is 0.353 e. The Morgan fingerprint density at radius 3 is 2.48 bits per heavy atom. The maximum Gasteiger partial charge on any atom is 0.417 e.